The molecule has 0 saturated carbocycles. The number of phenols is 1. The molecular weight excluding hydrogens is 432 g/mol. The van der Waals surface area contributed by atoms with Crippen LogP contribution in [0.25, 0.3) is 11.1 Å². The molecule has 0 aliphatic rings. The lowest BCUT2D eigenvalue weighted by Crippen LogP contribution is -2.31. The Bertz CT molecular complexity index is 1040. The number of phenolic OH excluding ortho intramolecular Hbond substituents is 1. The Morgan fingerprint density at radius 3 is 1.29 bits per heavy atom. The highest BCUT2D eigenvalue weighted by atomic mass is 28.4. The summed E-state index contributed by atoms with van der Waals surface area (Å²) in [6.07, 6.45) is 0. The van der Waals surface area contributed by atoms with Crippen LogP contribution in [0.5, 0.6) is 11.5 Å². The average Bonchev–Trinajstić information content (AvgIpc) is 2.56. The van der Waals surface area contributed by atoms with Crippen LogP contribution in [-0.2, 0) is 21.7 Å². The smallest absolute Gasteiger partial charge is 0.242 e. The van der Waals surface area contributed by atoms with Crippen molar-refractivity contribution in [2.45, 2.75) is 124 Å². The van der Waals surface area contributed by atoms with E-state index in [-0.39, 0.29) is 21.7 Å². The quantitative estimate of drug-likeness (QED) is 0.441. The molecular formula is C31H50O2Si. The lowest BCUT2D eigenvalue weighted by atomic mass is 9.75. The van der Waals surface area contributed by atoms with E-state index in [1.54, 1.807) is 0 Å². The van der Waals surface area contributed by atoms with Gasteiger partial charge in [0.2, 0.25) is 8.32 Å². The molecule has 0 amide bonds. The van der Waals surface area contributed by atoms with E-state index in [1.165, 1.54) is 16.7 Å². The molecule has 34 heavy (non-hydrogen) atoms. The van der Waals surface area contributed by atoms with E-state index in [2.05, 4.69) is 127 Å². The van der Waals surface area contributed by atoms with Gasteiger partial charge < -0.3 is 9.53 Å². The van der Waals surface area contributed by atoms with Crippen molar-refractivity contribution in [2.75, 3.05) is 0 Å². The Balaban J connectivity index is 3.16. The predicted molar refractivity (Wildman–Crippen MR) is 152 cm³/mol. The van der Waals surface area contributed by atoms with Gasteiger partial charge in [0.1, 0.15) is 11.5 Å². The van der Waals surface area contributed by atoms with E-state index >= 15 is 0 Å². The fraction of sp³-hybridized carbons (Fsp3) is 0.613. The molecule has 0 heterocycles. The Labute approximate surface area is 211 Å². The van der Waals surface area contributed by atoms with E-state index in [4.69, 9.17) is 4.43 Å². The van der Waals surface area contributed by atoms with Gasteiger partial charge in [-0.1, -0.05) is 95.2 Å². The average molecular weight is 483 g/mol. The van der Waals surface area contributed by atoms with E-state index in [9.17, 15) is 5.11 Å². The predicted octanol–water partition coefficient (Wildman–Crippen LogP) is 9.46. The maximum atomic E-state index is 11.7. The summed E-state index contributed by atoms with van der Waals surface area (Å²) in [5.41, 5.74) is 6.19. The van der Waals surface area contributed by atoms with Gasteiger partial charge >= 0.3 is 0 Å². The van der Waals surface area contributed by atoms with Crippen molar-refractivity contribution in [1.29, 1.82) is 0 Å². The van der Waals surface area contributed by atoms with E-state index in [1.807, 2.05) is 0 Å². The zero-order chi connectivity index (χ0) is 26.7. The summed E-state index contributed by atoms with van der Waals surface area (Å²) >= 11 is 0. The molecule has 0 aliphatic heterocycles. The normalized spacial score (nSPS) is 13.9. The van der Waals surface area contributed by atoms with E-state index in [0.717, 1.165) is 22.4 Å². The standard InChI is InChI=1S/C31H50O2Si/c1-28(2,3)20-16-22(26(32)24(18-20)30(7,8)9)23-17-21(29(4,5)6)19-25(31(10,11)12)27(23)33-34(13,14)15/h16-19,32H,1-15H3. The van der Waals surface area contributed by atoms with Crippen LogP contribution in [0.2, 0.25) is 19.6 Å². The Morgan fingerprint density at radius 2 is 0.941 bits per heavy atom. The van der Waals surface area contributed by atoms with E-state index < -0.39 is 8.32 Å². The third kappa shape index (κ3) is 6.47. The van der Waals surface area contributed by atoms with Crippen LogP contribution in [0.4, 0.5) is 0 Å². The minimum Gasteiger partial charge on any atom is -0.544 e. The summed E-state index contributed by atoms with van der Waals surface area (Å²) in [7, 11) is -1.94. The van der Waals surface area contributed by atoms with Crippen LogP contribution in [-0.4, -0.2) is 13.4 Å². The molecule has 3 heteroatoms. The first-order valence-corrected chi connectivity index (χ1v) is 16.1. The van der Waals surface area contributed by atoms with Crippen LogP contribution in [0.3, 0.4) is 0 Å². The molecule has 1 N–H and O–H groups in total. The first-order valence-electron chi connectivity index (χ1n) is 12.7. The van der Waals surface area contributed by atoms with Crippen LogP contribution >= 0.6 is 0 Å². The molecule has 2 aromatic carbocycles. The van der Waals surface area contributed by atoms with Crippen molar-refractivity contribution in [2.24, 2.45) is 0 Å². The highest BCUT2D eigenvalue weighted by Gasteiger charge is 2.32. The van der Waals surface area contributed by atoms with Gasteiger partial charge in [-0.05, 0) is 70.1 Å². The Hall–Kier alpha value is -1.74. The van der Waals surface area contributed by atoms with Gasteiger partial charge in [-0.15, -0.1) is 0 Å². The van der Waals surface area contributed by atoms with Crippen molar-refractivity contribution in [3.05, 3.63) is 46.5 Å². The first kappa shape index (κ1) is 28.5. The van der Waals surface area contributed by atoms with Gasteiger partial charge in [-0.25, -0.2) is 0 Å². The SMILES string of the molecule is CC(C)(C)c1cc(-c2cc(C(C)(C)C)cc(C(C)(C)C)c2O[Si](C)(C)C)c(O)c(C(C)(C)C)c1. The summed E-state index contributed by atoms with van der Waals surface area (Å²) in [4.78, 5) is 0. The summed E-state index contributed by atoms with van der Waals surface area (Å²) in [6.45, 7) is 33.4. The molecule has 2 nitrogen and oxygen atoms in total. The number of hydrogen-bond donors (Lipinski definition) is 1. The van der Waals surface area contributed by atoms with Gasteiger partial charge in [-0.3, -0.25) is 0 Å². The fourth-order valence-electron chi connectivity index (χ4n) is 4.08. The second-order valence-electron chi connectivity index (χ2n) is 15.0. The van der Waals surface area contributed by atoms with Gasteiger partial charge in [0.25, 0.3) is 0 Å². The van der Waals surface area contributed by atoms with Gasteiger partial charge in [0.15, 0.2) is 0 Å². The molecule has 0 spiro atoms. The Morgan fingerprint density at radius 1 is 0.559 bits per heavy atom. The van der Waals surface area contributed by atoms with E-state index in [0.29, 0.717) is 5.75 Å². The van der Waals surface area contributed by atoms with Crippen molar-refractivity contribution < 1.29 is 9.53 Å². The summed E-state index contributed by atoms with van der Waals surface area (Å²) in [5.74, 6) is 1.30. The van der Waals surface area contributed by atoms with Crippen LogP contribution in [0, 0.1) is 0 Å². The van der Waals surface area contributed by atoms with Crippen molar-refractivity contribution >= 4 is 8.32 Å². The molecule has 0 unspecified atom stereocenters. The van der Waals surface area contributed by atoms with Gasteiger partial charge in [0, 0.05) is 16.7 Å². The number of benzene rings is 2. The maximum absolute atomic E-state index is 11.7. The monoisotopic (exact) mass is 482 g/mol. The van der Waals surface area contributed by atoms with Crippen molar-refractivity contribution in [3.63, 3.8) is 0 Å². The lowest BCUT2D eigenvalue weighted by molar-refractivity contribution is 0.445. The number of hydrogen-bond acceptors (Lipinski definition) is 2. The minimum absolute atomic E-state index is 0.0312. The molecule has 0 fully saturated rings. The van der Waals surface area contributed by atoms with Gasteiger partial charge in [0.05, 0.1) is 0 Å². The number of aromatic hydroxyl groups is 1. The summed E-state index contributed by atoms with van der Waals surface area (Å²) in [5, 5.41) is 11.7. The molecule has 190 valence electrons. The molecule has 2 rings (SSSR count). The Kier molecular flexibility index (Phi) is 7.31. The first-order chi connectivity index (χ1) is 14.9. The summed E-state index contributed by atoms with van der Waals surface area (Å²) in [6, 6.07) is 8.97. The lowest BCUT2D eigenvalue weighted by Gasteiger charge is -2.33. The second kappa shape index (κ2) is 8.73. The molecule has 0 saturated heterocycles. The van der Waals surface area contributed by atoms with Crippen molar-refractivity contribution in [3.8, 4) is 22.6 Å². The maximum Gasteiger partial charge on any atom is 0.242 e. The molecule has 0 aromatic heterocycles. The molecule has 0 radical (unpaired) electrons. The van der Waals surface area contributed by atoms with Crippen molar-refractivity contribution in [1.82, 2.24) is 0 Å². The topological polar surface area (TPSA) is 29.5 Å². The minimum atomic E-state index is -1.94. The highest BCUT2D eigenvalue weighted by molar-refractivity contribution is 6.70. The molecule has 0 aliphatic carbocycles. The zero-order valence-corrected chi connectivity index (χ0v) is 25.7. The largest absolute Gasteiger partial charge is 0.544 e. The van der Waals surface area contributed by atoms with Gasteiger partial charge in [-0.2, -0.15) is 0 Å². The molecule has 0 atom stereocenters. The van der Waals surface area contributed by atoms with Crippen LogP contribution in [0.15, 0.2) is 24.3 Å². The van der Waals surface area contributed by atoms with Crippen LogP contribution in [0.1, 0.15) is 105 Å². The third-order valence-corrected chi connectivity index (χ3v) is 7.06. The van der Waals surface area contributed by atoms with Crippen LogP contribution < -0.4 is 4.43 Å². The summed E-state index contributed by atoms with van der Waals surface area (Å²) < 4.78 is 6.85. The highest BCUT2D eigenvalue weighted by Crippen LogP contribution is 2.49. The third-order valence-electron chi connectivity index (χ3n) is 6.25. The molecule has 2 aromatic rings. The fourth-order valence-corrected chi connectivity index (χ4v) is 4.91. The zero-order valence-electron chi connectivity index (χ0n) is 24.7. The number of rotatable bonds is 3. The molecule has 0 bridgehead atoms. The second-order valence-corrected chi connectivity index (χ2v) is 19.5.